The van der Waals surface area contributed by atoms with Crippen LogP contribution in [0.2, 0.25) is 0 Å². The third-order valence-electron chi connectivity index (χ3n) is 2.38. The fourth-order valence-electron chi connectivity index (χ4n) is 1.47. The second-order valence-corrected chi connectivity index (χ2v) is 4.02. The minimum absolute atomic E-state index is 0.0899. The summed E-state index contributed by atoms with van der Waals surface area (Å²) in [6.45, 7) is 2.91. The number of hydrogen-bond acceptors (Lipinski definition) is 6. The van der Waals surface area contributed by atoms with Crippen molar-refractivity contribution in [3.05, 3.63) is 36.0 Å². The number of furan rings is 1. The third kappa shape index (κ3) is 3.71. The molecule has 0 aliphatic heterocycles. The van der Waals surface area contributed by atoms with Crippen molar-refractivity contribution in [3.8, 4) is 5.88 Å². The predicted octanol–water partition coefficient (Wildman–Crippen LogP) is 2.17. The van der Waals surface area contributed by atoms with Crippen LogP contribution in [0.3, 0.4) is 0 Å². The summed E-state index contributed by atoms with van der Waals surface area (Å²) in [7, 11) is 0. The number of rotatable bonds is 7. The average molecular weight is 277 g/mol. The van der Waals surface area contributed by atoms with Crippen LogP contribution in [-0.4, -0.2) is 27.7 Å². The van der Waals surface area contributed by atoms with E-state index in [-0.39, 0.29) is 5.76 Å². The van der Waals surface area contributed by atoms with Crippen LogP contribution in [0, 0.1) is 0 Å². The van der Waals surface area contributed by atoms with Crippen LogP contribution in [0.5, 0.6) is 5.88 Å². The van der Waals surface area contributed by atoms with Crippen LogP contribution in [-0.2, 0) is 6.54 Å². The number of nitrogens with one attached hydrogen (secondary N) is 1. The maximum atomic E-state index is 10.7. The van der Waals surface area contributed by atoms with Gasteiger partial charge in [-0.2, -0.15) is 4.98 Å². The standard InChI is InChI=1S/C13H15N3O4/c1-2-5-19-12-8-14-7-11(16-12)15-6-9-3-4-10(20-9)13(17)18/h3-4,7-8H,2,5-6H2,1H3,(H,15,16)(H,17,18). The molecule has 0 bridgehead atoms. The Morgan fingerprint density at radius 1 is 1.45 bits per heavy atom. The fraction of sp³-hybridized carbons (Fsp3) is 0.308. The van der Waals surface area contributed by atoms with E-state index in [0.29, 0.717) is 30.6 Å². The van der Waals surface area contributed by atoms with Gasteiger partial charge in [0.2, 0.25) is 11.6 Å². The number of anilines is 1. The fourth-order valence-corrected chi connectivity index (χ4v) is 1.47. The van der Waals surface area contributed by atoms with Gasteiger partial charge in [0, 0.05) is 0 Å². The normalized spacial score (nSPS) is 10.2. The lowest BCUT2D eigenvalue weighted by Gasteiger charge is -2.06. The molecular formula is C13H15N3O4. The van der Waals surface area contributed by atoms with Gasteiger partial charge in [-0.25, -0.2) is 4.79 Å². The third-order valence-corrected chi connectivity index (χ3v) is 2.38. The average Bonchev–Trinajstić information content (AvgIpc) is 2.92. The molecule has 2 aromatic rings. The second-order valence-electron chi connectivity index (χ2n) is 4.02. The van der Waals surface area contributed by atoms with Crippen molar-refractivity contribution in [3.63, 3.8) is 0 Å². The SMILES string of the molecule is CCCOc1cncc(NCc2ccc(C(=O)O)o2)n1. The molecule has 106 valence electrons. The number of carboxylic acid groups (broad SMARTS) is 1. The molecule has 7 heteroatoms. The lowest BCUT2D eigenvalue weighted by Crippen LogP contribution is -2.04. The van der Waals surface area contributed by atoms with Gasteiger partial charge in [0.15, 0.2) is 0 Å². The van der Waals surface area contributed by atoms with E-state index in [0.717, 1.165) is 6.42 Å². The minimum Gasteiger partial charge on any atom is -0.477 e. The molecular weight excluding hydrogens is 262 g/mol. The summed E-state index contributed by atoms with van der Waals surface area (Å²) >= 11 is 0. The smallest absolute Gasteiger partial charge is 0.371 e. The summed E-state index contributed by atoms with van der Waals surface area (Å²) in [6, 6.07) is 3.01. The molecule has 0 saturated heterocycles. The number of nitrogens with zero attached hydrogens (tertiary/aromatic N) is 2. The van der Waals surface area contributed by atoms with Gasteiger partial charge < -0.3 is 19.6 Å². The van der Waals surface area contributed by atoms with E-state index in [1.165, 1.54) is 12.3 Å². The van der Waals surface area contributed by atoms with E-state index in [2.05, 4.69) is 15.3 Å². The van der Waals surface area contributed by atoms with Gasteiger partial charge in [-0.3, -0.25) is 4.98 Å². The lowest BCUT2D eigenvalue weighted by molar-refractivity contribution is 0.0660. The largest absolute Gasteiger partial charge is 0.477 e. The highest BCUT2D eigenvalue weighted by atomic mass is 16.5. The van der Waals surface area contributed by atoms with E-state index in [4.69, 9.17) is 14.3 Å². The van der Waals surface area contributed by atoms with Gasteiger partial charge in [0.05, 0.1) is 25.5 Å². The van der Waals surface area contributed by atoms with E-state index < -0.39 is 5.97 Å². The van der Waals surface area contributed by atoms with Gasteiger partial charge >= 0.3 is 5.97 Å². The summed E-state index contributed by atoms with van der Waals surface area (Å²) < 4.78 is 10.5. The first kappa shape index (κ1) is 13.9. The number of aromatic nitrogens is 2. The Morgan fingerprint density at radius 2 is 2.30 bits per heavy atom. The Balaban J connectivity index is 1.94. The molecule has 0 aromatic carbocycles. The van der Waals surface area contributed by atoms with Crippen LogP contribution < -0.4 is 10.1 Å². The summed E-state index contributed by atoms with van der Waals surface area (Å²) in [4.78, 5) is 18.9. The zero-order chi connectivity index (χ0) is 14.4. The first-order valence-corrected chi connectivity index (χ1v) is 6.19. The zero-order valence-electron chi connectivity index (χ0n) is 11.0. The van der Waals surface area contributed by atoms with E-state index in [1.807, 2.05) is 6.92 Å². The van der Waals surface area contributed by atoms with Crippen molar-refractivity contribution in [1.82, 2.24) is 9.97 Å². The summed E-state index contributed by atoms with van der Waals surface area (Å²) in [5.74, 6) is 0.303. The monoisotopic (exact) mass is 277 g/mol. The first-order valence-electron chi connectivity index (χ1n) is 6.19. The summed E-state index contributed by atoms with van der Waals surface area (Å²) in [6.07, 6.45) is 3.99. The number of aromatic carboxylic acids is 1. The van der Waals surface area contributed by atoms with Crippen LogP contribution in [0.25, 0.3) is 0 Å². The maximum absolute atomic E-state index is 10.7. The molecule has 0 amide bonds. The van der Waals surface area contributed by atoms with Crippen LogP contribution >= 0.6 is 0 Å². The Bertz CT molecular complexity index is 583. The van der Waals surface area contributed by atoms with Crippen molar-refractivity contribution in [2.24, 2.45) is 0 Å². The Morgan fingerprint density at radius 3 is 3.00 bits per heavy atom. The number of hydrogen-bond donors (Lipinski definition) is 2. The van der Waals surface area contributed by atoms with E-state index in [1.54, 1.807) is 12.3 Å². The Kier molecular flexibility index (Phi) is 4.54. The number of carboxylic acids is 1. The molecule has 0 radical (unpaired) electrons. The molecule has 0 spiro atoms. The van der Waals surface area contributed by atoms with Gasteiger partial charge in [-0.15, -0.1) is 0 Å². The van der Waals surface area contributed by atoms with Crippen LogP contribution in [0.1, 0.15) is 29.7 Å². The highest BCUT2D eigenvalue weighted by molar-refractivity contribution is 5.84. The molecule has 0 fully saturated rings. The van der Waals surface area contributed by atoms with Crippen molar-refractivity contribution in [1.29, 1.82) is 0 Å². The minimum atomic E-state index is -1.09. The molecule has 2 heterocycles. The van der Waals surface area contributed by atoms with E-state index in [9.17, 15) is 4.79 Å². The molecule has 0 aliphatic carbocycles. The van der Waals surface area contributed by atoms with Gasteiger partial charge in [0.1, 0.15) is 11.6 Å². The predicted molar refractivity (Wildman–Crippen MR) is 70.8 cm³/mol. The van der Waals surface area contributed by atoms with Gasteiger partial charge in [-0.05, 0) is 18.6 Å². The molecule has 7 nitrogen and oxygen atoms in total. The molecule has 2 rings (SSSR count). The highest BCUT2D eigenvalue weighted by Gasteiger charge is 2.08. The maximum Gasteiger partial charge on any atom is 0.371 e. The lowest BCUT2D eigenvalue weighted by atomic mass is 10.4. The van der Waals surface area contributed by atoms with Crippen molar-refractivity contribution >= 4 is 11.8 Å². The van der Waals surface area contributed by atoms with Crippen molar-refractivity contribution in [2.45, 2.75) is 19.9 Å². The van der Waals surface area contributed by atoms with Crippen molar-refractivity contribution < 1.29 is 19.1 Å². The number of carbonyl (C=O) groups is 1. The summed E-state index contributed by atoms with van der Waals surface area (Å²) in [5, 5.41) is 11.7. The molecule has 0 atom stereocenters. The molecule has 20 heavy (non-hydrogen) atoms. The van der Waals surface area contributed by atoms with Crippen LogP contribution in [0.4, 0.5) is 5.82 Å². The first-order chi connectivity index (χ1) is 9.69. The molecule has 0 unspecified atom stereocenters. The summed E-state index contributed by atoms with van der Waals surface area (Å²) in [5.41, 5.74) is 0. The number of ether oxygens (including phenoxy) is 1. The second kappa shape index (κ2) is 6.55. The Labute approximate surface area is 115 Å². The molecule has 0 saturated carbocycles. The van der Waals surface area contributed by atoms with Gasteiger partial charge in [-0.1, -0.05) is 6.92 Å². The molecule has 2 aromatic heterocycles. The highest BCUT2D eigenvalue weighted by Crippen LogP contribution is 2.12. The van der Waals surface area contributed by atoms with Gasteiger partial charge in [0.25, 0.3) is 0 Å². The molecule has 0 aliphatic rings. The topological polar surface area (TPSA) is 97.5 Å². The van der Waals surface area contributed by atoms with Crippen molar-refractivity contribution in [2.75, 3.05) is 11.9 Å². The zero-order valence-corrected chi connectivity index (χ0v) is 11.0. The van der Waals surface area contributed by atoms with E-state index >= 15 is 0 Å². The van der Waals surface area contributed by atoms with Crippen LogP contribution in [0.15, 0.2) is 28.9 Å². The quantitative estimate of drug-likeness (QED) is 0.800. The molecule has 2 N–H and O–H groups in total. The Hall–Kier alpha value is -2.57.